The van der Waals surface area contributed by atoms with Crippen molar-refractivity contribution in [1.29, 1.82) is 0 Å². The van der Waals surface area contributed by atoms with E-state index >= 15 is 0 Å². The predicted octanol–water partition coefficient (Wildman–Crippen LogP) is 4.70. The molecular formula is C17H18ClN3OS. The second-order valence-corrected chi connectivity index (χ2v) is 7.97. The summed E-state index contributed by atoms with van der Waals surface area (Å²) in [6.45, 7) is 7.08. The molecule has 0 aromatic carbocycles. The Morgan fingerprint density at radius 1 is 1.30 bits per heavy atom. The van der Waals surface area contributed by atoms with Gasteiger partial charge in [0.25, 0.3) is 0 Å². The van der Waals surface area contributed by atoms with Gasteiger partial charge in [-0.3, -0.25) is 0 Å². The number of pyridine rings is 1. The molecule has 120 valence electrons. The molecule has 0 amide bonds. The molecule has 0 saturated heterocycles. The van der Waals surface area contributed by atoms with Crippen LogP contribution in [0.2, 0.25) is 5.15 Å². The van der Waals surface area contributed by atoms with Crippen molar-refractivity contribution < 1.29 is 4.74 Å². The number of hydrogen-bond donors (Lipinski definition) is 0. The number of ether oxygens (including phenoxy) is 1. The average Bonchev–Trinajstić information content (AvgIpc) is 2.86. The fourth-order valence-electron chi connectivity index (χ4n) is 3.29. The lowest BCUT2D eigenvalue weighted by molar-refractivity contribution is -0.0401. The van der Waals surface area contributed by atoms with Gasteiger partial charge in [-0.1, -0.05) is 24.9 Å². The van der Waals surface area contributed by atoms with E-state index in [0.717, 1.165) is 45.4 Å². The molecule has 4 rings (SSSR count). The molecule has 0 aliphatic carbocycles. The molecule has 0 unspecified atom stereocenters. The summed E-state index contributed by atoms with van der Waals surface area (Å²) >= 11 is 7.87. The average molecular weight is 348 g/mol. The number of thiophene rings is 1. The molecule has 3 aromatic heterocycles. The molecule has 0 saturated carbocycles. The monoisotopic (exact) mass is 347 g/mol. The van der Waals surface area contributed by atoms with Crippen molar-refractivity contribution in [3.05, 3.63) is 28.3 Å². The first-order valence-corrected chi connectivity index (χ1v) is 9.07. The zero-order valence-corrected chi connectivity index (χ0v) is 15.0. The van der Waals surface area contributed by atoms with Crippen LogP contribution in [0.4, 0.5) is 0 Å². The number of fused-ring (bicyclic) bond motifs is 5. The van der Waals surface area contributed by atoms with Crippen LogP contribution >= 0.6 is 22.9 Å². The third-order valence-electron chi connectivity index (χ3n) is 4.36. The van der Waals surface area contributed by atoms with Gasteiger partial charge in [-0.2, -0.15) is 0 Å². The first-order valence-electron chi connectivity index (χ1n) is 7.87. The third-order valence-corrected chi connectivity index (χ3v) is 5.84. The first-order chi connectivity index (χ1) is 11.0. The van der Waals surface area contributed by atoms with E-state index < -0.39 is 0 Å². The molecule has 0 bridgehead atoms. The number of rotatable bonds is 2. The highest BCUT2D eigenvalue weighted by atomic mass is 35.5. The normalized spacial score (nSPS) is 16.9. The maximum Gasteiger partial charge on any atom is 0.150 e. The zero-order valence-electron chi connectivity index (χ0n) is 13.4. The van der Waals surface area contributed by atoms with Crippen LogP contribution in [0.25, 0.3) is 20.4 Å². The molecule has 0 atom stereocenters. The van der Waals surface area contributed by atoms with Crippen LogP contribution in [0.3, 0.4) is 0 Å². The fourth-order valence-corrected chi connectivity index (χ4v) is 4.60. The van der Waals surface area contributed by atoms with Crippen LogP contribution in [0, 0.1) is 0 Å². The summed E-state index contributed by atoms with van der Waals surface area (Å²) in [5, 5.41) is 1.65. The van der Waals surface area contributed by atoms with Crippen molar-refractivity contribution in [2.45, 2.75) is 52.2 Å². The zero-order chi connectivity index (χ0) is 16.2. The summed E-state index contributed by atoms with van der Waals surface area (Å²) in [6, 6.07) is 0. The minimum Gasteiger partial charge on any atom is -0.370 e. The lowest BCUT2D eigenvalue weighted by Gasteiger charge is -2.33. The second kappa shape index (κ2) is 5.36. The van der Waals surface area contributed by atoms with Gasteiger partial charge in [0.1, 0.15) is 16.3 Å². The van der Waals surface area contributed by atoms with Gasteiger partial charge in [-0.15, -0.1) is 11.3 Å². The molecule has 1 aliphatic rings. The van der Waals surface area contributed by atoms with E-state index in [1.54, 1.807) is 11.3 Å². The standard InChI is InChI=1S/C17H18ClN3OS/c1-4-5-11-10-7-22-17(2,3)6-9(10)12-13-14(23-16(12)21-11)15(18)20-8-19-13/h8H,4-7H2,1-3H3. The van der Waals surface area contributed by atoms with Gasteiger partial charge >= 0.3 is 0 Å². The van der Waals surface area contributed by atoms with Gasteiger partial charge in [0, 0.05) is 23.1 Å². The molecule has 0 spiro atoms. The summed E-state index contributed by atoms with van der Waals surface area (Å²) in [5.74, 6) is 0. The van der Waals surface area contributed by atoms with E-state index in [9.17, 15) is 0 Å². The molecular weight excluding hydrogens is 330 g/mol. The fraction of sp³-hybridized carbons (Fsp3) is 0.471. The Hall–Kier alpha value is -1.30. The van der Waals surface area contributed by atoms with Gasteiger partial charge in [-0.25, -0.2) is 15.0 Å². The predicted molar refractivity (Wildman–Crippen MR) is 94.3 cm³/mol. The molecule has 23 heavy (non-hydrogen) atoms. The molecule has 0 fully saturated rings. The largest absolute Gasteiger partial charge is 0.370 e. The van der Waals surface area contributed by atoms with Gasteiger partial charge < -0.3 is 4.74 Å². The smallest absolute Gasteiger partial charge is 0.150 e. The second-order valence-electron chi connectivity index (χ2n) is 6.62. The molecule has 1 aliphatic heterocycles. The van der Waals surface area contributed by atoms with Crippen LogP contribution in [-0.4, -0.2) is 20.6 Å². The van der Waals surface area contributed by atoms with Crippen LogP contribution in [0.15, 0.2) is 6.33 Å². The van der Waals surface area contributed by atoms with Crippen molar-refractivity contribution in [3.8, 4) is 0 Å². The molecule has 4 nitrogen and oxygen atoms in total. The Kier molecular flexibility index (Phi) is 3.55. The van der Waals surface area contributed by atoms with Crippen LogP contribution in [-0.2, 0) is 24.2 Å². The minimum atomic E-state index is -0.171. The van der Waals surface area contributed by atoms with Crippen LogP contribution in [0.5, 0.6) is 0 Å². The van der Waals surface area contributed by atoms with Gasteiger partial charge in [0.05, 0.1) is 22.4 Å². The number of halogens is 1. The van der Waals surface area contributed by atoms with E-state index in [2.05, 4.69) is 30.7 Å². The highest BCUT2D eigenvalue weighted by Gasteiger charge is 2.31. The number of nitrogens with zero attached hydrogens (tertiary/aromatic N) is 3. The Bertz CT molecular complexity index is 919. The SMILES string of the molecule is CCCc1nc2sc3c(Cl)ncnc3c2c2c1COC(C)(C)C2. The van der Waals surface area contributed by atoms with Crippen molar-refractivity contribution in [2.24, 2.45) is 0 Å². The Labute approximate surface area is 143 Å². The Morgan fingerprint density at radius 2 is 2.13 bits per heavy atom. The summed E-state index contributed by atoms with van der Waals surface area (Å²) in [7, 11) is 0. The van der Waals surface area contributed by atoms with Crippen LogP contribution in [0.1, 0.15) is 44.0 Å². The van der Waals surface area contributed by atoms with Crippen LogP contribution < -0.4 is 0 Å². The molecule has 0 N–H and O–H groups in total. The van der Waals surface area contributed by atoms with Crippen molar-refractivity contribution in [1.82, 2.24) is 15.0 Å². The lowest BCUT2D eigenvalue weighted by Crippen LogP contribution is -2.32. The number of aromatic nitrogens is 3. The van der Waals surface area contributed by atoms with E-state index in [1.165, 1.54) is 17.5 Å². The first kappa shape index (κ1) is 15.2. The molecule has 3 aromatic rings. The highest BCUT2D eigenvalue weighted by Crippen LogP contribution is 2.41. The molecule has 6 heteroatoms. The Morgan fingerprint density at radius 3 is 2.91 bits per heavy atom. The molecule has 4 heterocycles. The maximum atomic E-state index is 6.28. The quantitative estimate of drug-likeness (QED) is 0.630. The minimum absolute atomic E-state index is 0.171. The summed E-state index contributed by atoms with van der Waals surface area (Å²) in [4.78, 5) is 14.5. The lowest BCUT2D eigenvalue weighted by atomic mass is 9.88. The van der Waals surface area contributed by atoms with E-state index in [1.807, 2.05) is 0 Å². The van der Waals surface area contributed by atoms with E-state index in [-0.39, 0.29) is 5.60 Å². The van der Waals surface area contributed by atoms with E-state index in [4.69, 9.17) is 21.3 Å². The third kappa shape index (κ3) is 2.42. The summed E-state index contributed by atoms with van der Waals surface area (Å²) in [5.41, 5.74) is 4.48. The summed E-state index contributed by atoms with van der Waals surface area (Å²) in [6.07, 6.45) is 4.44. The Balaban J connectivity index is 2.11. The summed E-state index contributed by atoms with van der Waals surface area (Å²) < 4.78 is 6.97. The van der Waals surface area contributed by atoms with Crippen molar-refractivity contribution in [3.63, 3.8) is 0 Å². The number of aryl methyl sites for hydroxylation is 1. The maximum absolute atomic E-state index is 6.28. The van der Waals surface area contributed by atoms with Gasteiger partial charge in [-0.05, 0) is 25.8 Å². The van der Waals surface area contributed by atoms with Gasteiger partial charge in [0.15, 0.2) is 0 Å². The topological polar surface area (TPSA) is 47.9 Å². The van der Waals surface area contributed by atoms with Crippen molar-refractivity contribution >= 4 is 43.4 Å². The number of hydrogen-bond acceptors (Lipinski definition) is 5. The van der Waals surface area contributed by atoms with E-state index in [0.29, 0.717) is 11.8 Å². The van der Waals surface area contributed by atoms with Gasteiger partial charge in [0.2, 0.25) is 0 Å². The highest BCUT2D eigenvalue weighted by molar-refractivity contribution is 7.26. The van der Waals surface area contributed by atoms with Crippen molar-refractivity contribution in [2.75, 3.05) is 0 Å². The molecule has 0 radical (unpaired) electrons.